The summed E-state index contributed by atoms with van der Waals surface area (Å²) in [7, 11) is 0.218. The van der Waals surface area contributed by atoms with E-state index in [-0.39, 0.29) is 26.4 Å². The van der Waals surface area contributed by atoms with Crippen molar-refractivity contribution in [3.63, 3.8) is 0 Å². The van der Waals surface area contributed by atoms with E-state index in [1.54, 1.807) is 28.5 Å². The molecule has 0 saturated carbocycles. The van der Waals surface area contributed by atoms with Crippen LogP contribution in [0.15, 0.2) is 30.3 Å². The Morgan fingerprint density at radius 1 is 1.16 bits per heavy atom. The average molecular weight is 617 g/mol. The van der Waals surface area contributed by atoms with E-state index in [9.17, 15) is 14.4 Å². The zero-order valence-electron chi connectivity index (χ0n) is 21.5. The fourth-order valence-corrected chi connectivity index (χ4v) is 5.81. The maximum atomic E-state index is 12.8. The Morgan fingerprint density at radius 2 is 1.79 bits per heavy atom. The largest absolute Gasteiger partial charge is 0.674 e. The van der Waals surface area contributed by atoms with E-state index in [0.29, 0.717) is 18.2 Å². The highest BCUT2D eigenvalue weighted by atomic mass is 33.1. The first kappa shape index (κ1) is 36.4. The van der Waals surface area contributed by atoms with Gasteiger partial charge in [0.1, 0.15) is 6.54 Å². The molecule has 1 amide bonds. The van der Waals surface area contributed by atoms with Gasteiger partial charge in [0.25, 0.3) is 0 Å². The predicted molar refractivity (Wildman–Crippen MR) is 146 cm³/mol. The van der Waals surface area contributed by atoms with E-state index < -0.39 is 26.7 Å². The van der Waals surface area contributed by atoms with Gasteiger partial charge in [0.05, 0.1) is 24.3 Å². The van der Waals surface area contributed by atoms with Crippen LogP contribution in [0, 0.1) is 5.92 Å². The predicted octanol–water partition coefficient (Wildman–Crippen LogP) is 1.31. The maximum absolute atomic E-state index is 12.8. The minimum absolute atomic E-state index is 0. The fourth-order valence-electron chi connectivity index (χ4n) is 2.61. The first-order valence-electron chi connectivity index (χ1n) is 11.5. The quantitative estimate of drug-likeness (QED) is 0.0485. The van der Waals surface area contributed by atoms with Crippen molar-refractivity contribution in [3.8, 4) is 0 Å². The maximum Gasteiger partial charge on any atom is 0.511 e. The van der Waals surface area contributed by atoms with Gasteiger partial charge in [0, 0.05) is 20.5 Å². The Morgan fingerprint density at radius 3 is 2.37 bits per heavy atom. The monoisotopic (exact) mass is 616 g/mol. The Bertz CT molecular complexity index is 833. The molecule has 1 rings (SSSR count). The standard InChI is InChI=1S/C22H34N2O6S3.HO4P.H2/c1-4-28-22(27)30-16(2)29-20(25)13-24-21(26)18(12-17-8-6-5-7-9-17)14-32-33-15-19(23)10-11-31-3;1-4-5(2)3;/h5-9,16,18-19H,4,10-15,23H2,1-3H3,(H,24,26);1H;1H/t16?,18?,19-;;/m0../s1. The van der Waals surface area contributed by atoms with Gasteiger partial charge in [-0.3, -0.25) is 9.59 Å². The van der Waals surface area contributed by atoms with Gasteiger partial charge in [-0.25, -0.2) is 9.47 Å². The van der Waals surface area contributed by atoms with Gasteiger partial charge >= 0.3 is 20.4 Å². The summed E-state index contributed by atoms with van der Waals surface area (Å²) in [6, 6.07) is 10.2. The molecule has 1 aromatic rings. The van der Waals surface area contributed by atoms with Gasteiger partial charge in [0.2, 0.25) is 12.2 Å². The SMILES string of the molecule is CCOC(=O)OC(C)OC(=O)CNC(=O)C(CSSC[C@@H]([NH3+])CCSC)Cc1ccccc1.O=[P+]([O-])O[O-].[HH]. The van der Waals surface area contributed by atoms with Crippen molar-refractivity contribution >= 4 is 59.6 Å². The van der Waals surface area contributed by atoms with Crippen molar-refractivity contribution in [2.24, 2.45) is 5.92 Å². The number of carbonyl (C=O) groups is 3. The van der Waals surface area contributed by atoms with E-state index in [4.69, 9.17) is 24.2 Å². The van der Waals surface area contributed by atoms with Crippen LogP contribution in [-0.2, 0) is 39.5 Å². The van der Waals surface area contributed by atoms with Gasteiger partial charge in [0.15, 0.2) is 0 Å². The first-order valence-corrected chi connectivity index (χ1v) is 16.5. The third-order valence-corrected chi connectivity index (χ3v) is 7.77. The third kappa shape index (κ3) is 20.4. The van der Waals surface area contributed by atoms with Crippen LogP contribution in [0.4, 0.5) is 4.79 Å². The molecule has 0 saturated heterocycles. The van der Waals surface area contributed by atoms with Crippen molar-refractivity contribution < 1.29 is 55.1 Å². The van der Waals surface area contributed by atoms with Gasteiger partial charge < -0.3 is 35.4 Å². The fraction of sp³-hybridized carbons (Fsp3) is 0.591. The molecule has 0 aliphatic rings. The molecule has 0 fully saturated rings. The highest BCUT2D eigenvalue weighted by Crippen LogP contribution is 2.26. The normalized spacial score (nSPS) is 13.2. The molecule has 4 N–H and O–H groups in total. The number of quaternary nitrogens is 1. The van der Waals surface area contributed by atoms with E-state index in [1.807, 2.05) is 42.1 Å². The van der Waals surface area contributed by atoms with Gasteiger partial charge in [-0.2, -0.15) is 11.8 Å². The Labute approximate surface area is 237 Å². The number of benzene rings is 1. The van der Waals surface area contributed by atoms with Crippen molar-refractivity contribution in [2.75, 3.05) is 36.7 Å². The van der Waals surface area contributed by atoms with Crippen LogP contribution in [0.1, 0.15) is 27.3 Å². The lowest BCUT2D eigenvalue weighted by Crippen LogP contribution is -2.62. The molecule has 3 unspecified atom stereocenters. The van der Waals surface area contributed by atoms with Crippen LogP contribution < -0.4 is 21.2 Å². The summed E-state index contributed by atoms with van der Waals surface area (Å²) in [5, 5.41) is 11.2. The highest BCUT2D eigenvalue weighted by molar-refractivity contribution is 8.76. The summed E-state index contributed by atoms with van der Waals surface area (Å²) in [5.41, 5.74) is 5.23. The minimum atomic E-state index is -3.15. The van der Waals surface area contributed by atoms with Gasteiger partial charge in [-0.15, -0.1) is 0 Å². The van der Waals surface area contributed by atoms with Crippen molar-refractivity contribution in [3.05, 3.63) is 35.9 Å². The zero-order chi connectivity index (χ0) is 28.8. The molecular weight excluding hydrogens is 579 g/mol. The van der Waals surface area contributed by atoms with E-state index in [2.05, 4.69) is 26.7 Å². The second-order valence-electron chi connectivity index (χ2n) is 7.48. The summed E-state index contributed by atoms with van der Waals surface area (Å²) >= 11 is 1.82. The van der Waals surface area contributed by atoms with Crippen molar-refractivity contribution in [1.29, 1.82) is 0 Å². The molecule has 0 spiro atoms. The highest BCUT2D eigenvalue weighted by Gasteiger charge is 2.22. The summed E-state index contributed by atoms with van der Waals surface area (Å²) in [6.45, 7) is 2.88. The van der Waals surface area contributed by atoms with E-state index >= 15 is 0 Å². The molecule has 12 nitrogen and oxygen atoms in total. The van der Waals surface area contributed by atoms with E-state index in [0.717, 1.165) is 23.5 Å². The van der Waals surface area contributed by atoms with Crippen molar-refractivity contribution in [1.82, 2.24) is 5.32 Å². The molecule has 1 aromatic carbocycles. The number of thioether (sulfide) groups is 1. The second-order valence-corrected chi connectivity index (χ2v) is 11.6. The van der Waals surface area contributed by atoms with Crippen LogP contribution in [0.3, 0.4) is 0 Å². The summed E-state index contributed by atoms with van der Waals surface area (Å²) in [6.07, 6.45) is 1.70. The molecular formula is C22H37N2O10PS3. The number of esters is 1. The minimum Gasteiger partial charge on any atom is -0.674 e. The zero-order valence-corrected chi connectivity index (χ0v) is 24.9. The van der Waals surface area contributed by atoms with Gasteiger partial charge in [-0.1, -0.05) is 51.9 Å². The lowest BCUT2D eigenvalue weighted by Gasteiger charge is -2.17. The average Bonchev–Trinajstić information content (AvgIpc) is 2.88. The molecule has 4 atom stereocenters. The molecule has 38 heavy (non-hydrogen) atoms. The molecule has 218 valence electrons. The van der Waals surface area contributed by atoms with Crippen LogP contribution in [0.5, 0.6) is 0 Å². The molecule has 0 heterocycles. The van der Waals surface area contributed by atoms with Crippen LogP contribution >= 0.6 is 41.6 Å². The molecule has 16 heteroatoms. The number of rotatable bonds is 17. The van der Waals surface area contributed by atoms with Crippen LogP contribution in [0.2, 0.25) is 0 Å². The summed E-state index contributed by atoms with van der Waals surface area (Å²) < 4.78 is 25.7. The Hall–Kier alpha value is -1.58. The summed E-state index contributed by atoms with van der Waals surface area (Å²) in [4.78, 5) is 45.0. The number of nitrogens with one attached hydrogen (secondary N) is 1. The molecule has 0 aliphatic heterocycles. The van der Waals surface area contributed by atoms with E-state index in [1.165, 1.54) is 6.92 Å². The molecule has 0 aliphatic carbocycles. The molecule has 0 bridgehead atoms. The number of ether oxygens (including phenoxy) is 3. The van der Waals surface area contributed by atoms with Gasteiger partial charge in [-0.05, 0) is 35.5 Å². The first-order chi connectivity index (χ1) is 18.1. The lowest BCUT2D eigenvalue weighted by atomic mass is 10.0. The Kier molecular flexibility index (Phi) is 22.4. The van der Waals surface area contributed by atoms with Crippen LogP contribution in [-0.4, -0.2) is 67.0 Å². The Balaban J connectivity index is 0. The summed E-state index contributed by atoms with van der Waals surface area (Å²) in [5.74, 6) is 1.40. The topological polar surface area (TPSA) is 191 Å². The molecule has 0 radical (unpaired) electrons. The van der Waals surface area contributed by atoms with Crippen LogP contribution in [0.25, 0.3) is 0 Å². The number of hydrogen-bond donors (Lipinski definition) is 2. The third-order valence-electron chi connectivity index (χ3n) is 4.37. The smallest absolute Gasteiger partial charge is 0.511 e. The molecule has 0 aromatic heterocycles. The number of hydrogen-bond acceptors (Lipinski definition) is 13. The number of amides is 1. The van der Waals surface area contributed by atoms with Crippen molar-refractivity contribution in [2.45, 2.75) is 39.0 Å². The second kappa shape index (κ2) is 23.3. The lowest BCUT2D eigenvalue weighted by molar-refractivity contribution is -0.644. The number of carbonyl (C=O) groups excluding carboxylic acids is 3.